The standard InChI is InChI=1S/C10H11BrFNOS/c1-15-5-4-10(14)13-9-3-2-7(12)6-8(9)11/h2-3,6H,4-5H2,1H3,(H,13,14). The fraction of sp³-hybridized carbons (Fsp3) is 0.300. The van der Waals surface area contributed by atoms with Crippen LogP contribution < -0.4 is 5.32 Å². The van der Waals surface area contributed by atoms with E-state index in [0.29, 0.717) is 16.6 Å². The van der Waals surface area contributed by atoms with E-state index in [1.807, 2.05) is 6.26 Å². The number of benzene rings is 1. The van der Waals surface area contributed by atoms with Gasteiger partial charge < -0.3 is 5.32 Å². The number of hydrogen-bond acceptors (Lipinski definition) is 2. The van der Waals surface area contributed by atoms with Gasteiger partial charge in [-0.25, -0.2) is 4.39 Å². The number of thioether (sulfide) groups is 1. The maximum atomic E-state index is 12.7. The average molecular weight is 292 g/mol. The first kappa shape index (κ1) is 12.5. The van der Waals surface area contributed by atoms with Crippen LogP contribution in [0.3, 0.4) is 0 Å². The summed E-state index contributed by atoms with van der Waals surface area (Å²) in [6.07, 6.45) is 2.41. The van der Waals surface area contributed by atoms with Crippen molar-refractivity contribution in [2.75, 3.05) is 17.3 Å². The Morgan fingerprint density at radius 3 is 2.93 bits per heavy atom. The van der Waals surface area contributed by atoms with Gasteiger partial charge in [0, 0.05) is 16.6 Å². The van der Waals surface area contributed by atoms with Crippen molar-refractivity contribution in [3.8, 4) is 0 Å². The normalized spacial score (nSPS) is 10.1. The maximum absolute atomic E-state index is 12.7. The van der Waals surface area contributed by atoms with Crippen molar-refractivity contribution in [1.82, 2.24) is 0 Å². The van der Waals surface area contributed by atoms with E-state index in [2.05, 4.69) is 21.2 Å². The van der Waals surface area contributed by atoms with Crippen molar-refractivity contribution in [2.24, 2.45) is 0 Å². The lowest BCUT2D eigenvalue weighted by atomic mass is 10.3. The summed E-state index contributed by atoms with van der Waals surface area (Å²) in [5.41, 5.74) is 0.600. The summed E-state index contributed by atoms with van der Waals surface area (Å²) >= 11 is 4.80. The molecule has 0 aliphatic heterocycles. The molecule has 2 nitrogen and oxygen atoms in total. The molecule has 0 heterocycles. The number of nitrogens with one attached hydrogen (secondary N) is 1. The van der Waals surface area contributed by atoms with E-state index in [1.165, 1.54) is 18.2 Å². The lowest BCUT2D eigenvalue weighted by Crippen LogP contribution is -2.12. The van der Waals surface area contributed by atoms with E-state index in [4.69, 9.17) is 0 Å². The molecule has 0 aliphatic carbocycles. The second-order valence-electron chi connectivity index (χ2n) is 2.92. The van der Waals surface area contributed by atoms with Crippen LogP contribution in [0.15, 0.2) is 22.7 Å². The van der Waals surface area contributed by atoms with Gasteiger partial charge in [0.1, 0.15) is 5.82 Å². The maximum Gasteiger partial charge on any atom is 0.225 e. The Morgan fingerprint density at radius 2 is 2.33 bits per heavy atom. The van der Waals surface area contributed by atoms with Gasteiger partial charge >= 0.3 is 0 Å². The van der Waals surface area contributed by atoms with Crippen LogP contribution in [0.25, 0.3) is 0 Å². The van der Waals surface area contributed by atoms with E-state index in [0.717, 1.165) is 5.75 Å². The van der Waals surface area contributed by atoms with Gasteiger partial charge in [-0.2, -0.15) is 11.8 Å². The zero-order valence-electron chi connectivity index (χ0n) is 8.22. The number of carbonyl (C=O) groups excluding carboxylic acids is 1. The van der Waals surface area contributed by atoms with Gasteiger partial charge in [0.15, 0.2) is 0 Å². The molecule has 0 spiro atoms. The molecule has 1 aromatic carbocycles. The molecular formula is C10H11BrFNOS. The summed E-state index contributed by atoms with van der Waals surface area (Å²) in [7, 11) is 0. The first-order valence-corrected chi connectivity index (χ1v) is 6.56. The number of hydrogen-bond donors (Lipinski definition) is 1. The van der Waals surface area contributed by atoms with Gasteiger partial charge in [-0.15, -0.1) is 0 Å². The number of halogens is 2. The molecule has 0 radical (unpaired) electrons. The second kappa shape index (κ2) is 6.12. The van der Waals surface area contributed by atoms with Crippen molar-refractivity contribution < 1.29 is 9.18 Å². The summed E-state index contributed by atoms with van der Waals surface area (Å²) in [6.45, 7) is 0. The highest BCUT2D eigenvalue weighted by Gasteiger charge is 2.05. The Hall–Kier alpha value is -0.550. The van der Waals surface area contributed by atoms with E-state index in [1.54, 1.807) is 11.8 Å². The molecule has 0 fully saturated rings. The smallest absolute Gasteiger partial charge is 0.225 e. The van der Waals surface area contributed by atoms with Gasteiger partial charge in [-0.1, -0.05) is 0 Å². The quantitative estimate of drug-likeness (QED) is 0.922. The van der Waals surface area contributed by atoms with Crippen LogP contribution in [0.5, 0.6) is 0 Å². The van der Waals surface area contributed by atoms with Crippen LogP contribution in [0.2, 0.25) is 0 Å². The molecule has 0 aromatic heterocycles. The second-order valence-corrected chi connectivity index (χ2v) is 4.76. The summed E-state index contributed by atoms with van der Waals surface area (Å²) in [5, 5.41) is 2.71. The number of carbonyl (C=O) groups is 1. The minimum Gasteiger partial charge on any atom is -0.325 e. The van der Waals surface area contributed by atoms with Gasteiger partial charge in [0.05, 0.1) is 5.69 Å². The third-order valence-electron chi connectivity index (χ3n) is 1.74. The molecule has 1 amide bonds. The van der Waals surface area contributed by atoms with Gasteiger partial charge in [-0.05, 0) is 40.4 Å². The Balaban J connectivity index is 2.60. The first-order chi connectivity index (χ1) is 7.13. The zero-order chi connectivity index (χ0) is 11.3. The summed E-state index contributed by atoms with van der Waals surface area (Å²) in [6, 6.07) is 4.18. The highest BCUT2D eigenvalue weighted by Crippen LogP contribution is 2.23. The van der Waals surface area contributed by atoms with Crippen LogP contribution in [-0.2, 0) is 4.79 Å². The van der Waals surface area contributed by atoms with Crippen LogP contribution >= 0.6 is 27.7 Å². The lowest BCUT2D eigenvalue weighted by Gasteiger charge is -2.06. The molecule has 0 saturated heterocycles. The third kappa shape index (κ3) is 4.22. The molecule has 0 saturated carbocycles. The Bertz CT molecular complexity index is 359. The van der Waals surface area contributed by atoms with Crippen molar-refractivity contribution in [2.45, 2.75) is 6.42 Å². The van der Waals surface area contributed by atoms with Crippen molar-refractivity contribution in [1.29, 1.82) is 0 Å². The number of rotatable bonds is 4. The van der Waals surface area contributed by atoms with Crippen molar-refractivity contribution in [3.05, 3.63) is 28.5 Å². The van der Waals surface area contributed by atoms with Crippen LogP contribution in [0, 0.1) is 5.82 Å². The van der Waals surface area contributed by atoms with Crippen molar-refractivity contribution >= 4 is 39.3 Å². The highest BCUT2D eigenvalue weighted by atomic mass is 79.9. The number of amides is 1. The number of anilines is 1. The Kier molecular flexibility index (Phi) is 5.11. The van der Waals surface area contributed by atoms with Crippen LogP contribution in [0.4, 0.5) is 10.1 Å². The molecule has 1 aromatic rings. The predicted octanol–water partition coefficient (Wildman–Crippen LogP) is 3.28. The minimum absolute atomic E-state index is 0.0586. The monoisotopic (exact) mass is 291 g/mol. The molecule has 15 heavy (non-hydrogen) atoms. The fourth-order valence-corrected chi connectivity index (χ4v) is 1.84. The van der Waals surface area contributed by atoms with E-state index < -0.39 is 0 Å². The Morgan fingerprint density at radius 1 is 1.60 bits per heavy atom. The summed E-state index contributed by atoms with van der Waals surface area (Å²) in [4.78, 5) is 11.4. The molecule has 0 unspecified atom stereocenters. The molecule has 5 heteroatoms. The predicted molar refractivity (Wildman–Crippen MR) is 65.7 cm³/mol. The van der Waals surface area contributed by atoms with Crippen molar-refractivity contribution in [3.63, 3.8) is 0 Å². The van der Waals surface area contributed by atoms with E-state index >= 15 is 0 Å². The topological polar surface area (TPSA) is 29.1 Å². The van der Waals surface area contributed by atoms with Crippen LogP contribution in [-0.4, -0.2) is 17.9 Å². The van der Waals surface area contributed by atoms with E-state index in [-0.39, 0.29) is 11.7 Å². The largest absolute Gasteiger partial charge is 0.325 e. The molecular weight excluding hydrogens is 281 g/mol. The molecule has 1 rings (SSSR count). The van der Waals surface area contributed by atoms with Gasteiger partial charge in [-0.3, -0.25) is 4.79 Å². The molecule has 82 valence electrons. The first-order valence-electron chi connectivity index (χ1n) is 4.37. The Labute approximate surface area is 101 Å². The van der Waals surface area contributed by atoms with Gasteiger partial charge in [0.2, 0.25) is 5.91 Å². The molecule has 0 aliphatic rings. The minimum atomic E-state index is -0.330. The van der Waals surface area contributed by atoms with Crippen LogP contribution in [0.1, 0.15) is 6.42 Å². The SMILES string of the molecule is CSCCC(=O)Nc1ccc(F)cc1Br. The van der Waals surface area contributed by atoms with E-state index in [9.17, 15) is 9.18 Å². The summed E-state index contributed by atoms with van der Waals surface area (Å²) < 4.78 is 13.3. The average Bonchev–Trinajstić information content (AvgIpc) is 2.19. The molecule has 0 bridgehead atoms. The van der Waals surface area contributed by atoms with Gasteiger partial charge in [0.25, 0.3) is 0 Å². The highest BCUT2D eigenvalue weighted by molar-refractivity contribution is 9.10. The molecule has 0 atom stereocenters. The zero-order valence-corrected chi connectivity index (χ0v) is 10.6. The summed E-state index contributed by atoms with van der Waals surface area (Å²) in [5.74, 6) is 0.394. The molecule has 1 N–H and O–H groups in total. The third-order valence-corrected chi connectivity index (χ3v) is 3.01. The fourth-order valence-electron chi connectivity index (χ4n) is 0.998. The lowest BCUT2D eigenvalue weighted by molar-refractivity contribution is -0.115.